The molecular formula is C18H21NO4. The standard InChI is InChI=1S/C18H21NO4/c1-18(2,12-8-9-15(22-3)16(10-12)23-4)17(21)19-13-6-5-7-14(20)11-13/h5-11,20H,1-4H3,(H,19,21). The van der Waals surface area contributed by atoms with E-state index < -0.39 is 5.41 Å². The first kappa shape index (κ1) is 16.7. The number of hydrogen-bond donors (Lipinski definition) is 2. The molecule has 0 saturated heterocycles. The van der Waals surface area contributed by atoms with E-state index in [2.05, 4.69) is 5.32 Å². The fraction of sp³-hybridized carbons (Fsp3) is 0.278. The minimum absolute atomic E-state index is 0.103. The Kier molecular flexibility index (Phi) is 4.79. The number of nitrogens with one attached hydrogen (secondary N) is 1. The first-order valence-electron chi connectivity index (χ1n) is 7.21. The van der Waals surface area contributed by atoms with Crippen LogP contribution in [0.3, 0.4) is 0 Å². The number of rotatable bonds is 5. The Labute approximate surface area is 135 Å². The number of methoxy groups -OCH3 is 2. The number of amides is 1. The highest BCUT2D eigenvalue weighted by Gasteiger charge is 2.30. The van der Waals surface area contributed by atoms with Crippen LogP contribution in [0.1, 0.15) is 19.4 Å². The highest BCUT2D eigenvalue weighted by atomic mass is 16.5. The van der Waals surface area contributed by atoms with Crippen molar-refractivity contribution in [1.82, 2.24) is 0 Å². The molecule has 2 N–H and O–H groups in total. The van der Waals surface area contributed by atoms with Gasteiger partial charge >= 0.3 is 0 Å². The summed E-state index contributed by atoms with van der Waals surface area (Å²) in [4.78, 5) is 12.6. The second-order valence-electron chi connectivity index (χ2n) is 5.70. The van der Waals surface area contributed by atoms with Gasteiger partial charge in [0.25, 0.3) is 0 Å². The fourth-order valence-corrected chi connectivity index (χ4v) is 2.23. The van der Waals surface area contributed by atoms with Crippen LogP contribution in [0.2, 0.25) is 0 Å². The molecule has 122 valence electrons. The molecular weight excluding hydrogens is 294 g/mol. The molecule has 0 radical (unpaired) electrons. The van der Waals surface area contributed by atoms with E-state index in [4.69, 9.17) is 9.47 Å². The first-order valence-corrected chi connectivity index (χ1v) is 7.21. The summed E-state index contributed by atoms with van der Waals surface area (Å²) in [7, 11) is 3.12. The van der Waals surface area contributed by atoms with Crippen LogP contribution in [0, 0.1) is 0 Å². The van der Waals surface area contributed by atoms with E-state index >= 15 is 0 Å². The number of carbonyl (C=O) groups excluding carboxylic acids is 1. The van der Waals surface area contributed by atoms with Crippen LogP contribution >= 0.6 is 0 Å². The van der Waals surface area contributed by atoms with Gasteiger partial charge in [-0.1, -0.05) is 12.1 Å². The summed E-state index contributed by atoms with van der Waals surface area (Å²) in [5.41, 5.74) is 0.557. The second-order valence-corrected chi connectivity index (χ2v) is 5.70. The summed E-state index contributed by atoms with van der Waals surface area (Å²) in [6, 6.07) is 11.9. The Hall–Kier alpha value is -2.69. The summed E-state index contributed by atoms with van der Waals surface area (Å²) in [5, 5.41) is 12.3. The number of hydrogen-bond acceptors (Lipinski definition) is 4. The first-order chi connectivity index (χ1) is 10.9. The smallest absolute Gasteiger partial charge is 0.234 e. The lowest BCUT2D eigenvalue weighted by atomic mass is 9.83. The highest BCUT2D eigenvalue weighted by Crippen LogP contribution is 2.34. The Bertz CT molecular complexity index is 710. The van der Waals surface area contributed by atoms with Crippen LogP contribution in [-0.4, -0.2) is 25.2 Å². The normalized spacial score (nSPS) is 11.0. The SMILES string of the molecule is COc1ccc(C(C)(C)C(=O)Nc2cccc(O)c2)cc1OC. The van der Waals surface area contributed by atoms with Crippen molar-refractivity contribution in [3.05, 3.63) is 48.0 Å². The van der Waals surface area contributed by atoms with E-state index in [1.165, 1.54) is 6.07 Å². The van der Waals surface area contributed by atoms with Crippen LogP contribution < -0.4 is 14.8 Å². The lowest BCUT2D eigenvalue weighted by molar-refractivity contribution is -0.120. The fourth-order valence-electron chi connectivity index (χ4n) is 2.23. The lowest BCUT2D eigenvalue weighted by Crippen LogP contribution is -2.34. The molecule has 1 amide bonds. The average molecular weight is 315 g/mol. The molecule has 0 unspecified atom stereocenters. The predicted molar refractivity (Wildman–Crippen MR) is 89.3 cm³/mol. The van der Waals surface area contributed by atoms with Crippen molar-refractivity contribution < 1.29 is 19.4 Å². The Morgan fingerprint density at radius 1 is 1.04 bits per heavy atom. The molecule has 0 saturated carbocycles. The van der Waals surface area contributed by atoms with Gasteiger partial charge in [0.2, 0.25) is 5.91 Å². The number of anilines is 1. The molecule has 0 atom stereocenters. The Morgan fingerprint density at radius 3 is 2.35 bits per heavy atom. The van der Waals surface area contributed by atoms with Gasteiger partial charge in [0.05, 0.1) is 19.6 Å². The zero-order chi connectivity index (χ0) is 17.0. The van der Waals surface area contributed by atoms with E-state index in [-0.39, 0.29) is 11.7 Å². The van der Waals surface area contributed by atoms with Gasteiger partial charge in [-0.15, -0.1) is 0 Å². The summed E-state index contributed by atoms with van der Waals surface area (Å²) < 4.78 is 10.5. The molecule has 5 heteroatoms. The summed E-state index contributed by atoms with van der Waals surface area (Å²) in [6.45, 7) is 3.65. The molecule has 2 aromatic rings. The van der Waals surface area contributed by atoms with Gasteiger partial charge in [0, 0.05) is 11.8 Å². The monoisotopic (exact) mass is 315 g/mol. The summed E-state index contributed by atoms with van der Waals surface area (Å²) in [6.07, 6.45) is 0. The number of aromatic hydroxyl groups is 1. The van der Waals surface area contributed by atoms with Gasteiger partial charge in [-0.05, 0) is 43.7 Å². The number of carbonyl (C=O) groups is 1. The summed E-state index contributed by atoms with van der Waals surface area (Å²) >= 11 is 0. The van der Waals surface area contributed by atoms with Crippen molar-refractivity contribution in [2.75, 3.05) is 19.5 Å². The molecule has 0 aliphatic rings. The van der Waals surface area contributed by atoms with E-state index in [9.17, 15) is 9.90 Å². The van der Waals surface area contributed by atoms with Crippen molar-refractivity contribution in [2.24, 2.45) is 0 Å². The van der Waals surface area contributed by atoms with Gasteiger partial charge < -0.3 is 19.9 Å². The van der Waals surface area contributed by atoms with Gasteiger partial charge in [0.15, 0.2) is 11.5 Å². The van der Waals surface area contributed by atoms with Crippen LogP contribution in [0.5, 0.6) is 17.2 Å². The van der Waals surface area contributed by atoms with Gasteiger partial charge in [-0.2, -0.15) is 0 Å². The minimum Gasteiger partial charge on any atom is -0.508 e. The van der Waals surface area contributed by atoms with Crippen molar-refractivity contribution in [2.45, 2.75) is 19.3 Å². The van der Waals surface area contributed by atoms with Crippen molar-refractivity contribution >= 4 is 11.6 Å². The van der Waals surface area contributed by atoms with E-state index in [0.717, 1.165) is 5.56 Å². The molecule has 0 aromatic heterocycles. The molecule has 2 aromatic carbocycles. The number of ether oxygens (including phenoxy) is 2. The maximum absolute atomic E-state index is 12.6. The van der Waals surface area contributed by atoms with Crippen LogP contribution in [-0.2, 0) is 10.2 Å². The van der Waals surface area contributed by atoms with Crippen molar-refractivity contribution in [1.29, 1.82) is 0 Å². The predicted octanol–water partition coefficient (Wildman–Crippen LogP) is 3.33. The maximum atomic E-state index is 12.6. The van der Waals surface area contributed by atoms with Crippen LogP contribution in [0.4, 0.5) is 5.69 Å². The molecule has 23 heavy (non-hydrogen) atoms. The molecule has 0 bridgehead atoms. The largest absolute Gasteiger partial charge is 0.508 e. The van der Waals surface area contributed by atoms with Crippen LogP contribution in [0.25, 0.3) is 0 Å². The molecule has 0 aliphatic heterocycles. The minimum atomic E-state index is -0.787. The second kappa shape index (κ2) is 6.60. The number of phenols is 1. The quantitative estimate of drug-likeness (QED) is 0.888. The molecule has 0 heterocycles. The van der Waals surface area contributed by atoms with E-state index in [0.29, 0.717) is 17.2 Å². The van der Waals surface area contributed by atoms with Crippen molar-refractivity contribution in [3.63, 3.8) is 0 Å². The average Bonchev–Trinajstić information content (AvgIpc) is 2.54. The Balaban J connectivity index is 2.28. The third-order valence-electron chi connectivity index (χ3n) is 3.78. The molecule has 0 aliphatic carbocycles. The molecule has 0 spiro atoms. The Morgan fingerprint density at radius 2 is 1.74 bits per heavy atom. The van der Waals surface area contributed by atoms with Crippen LogP contribution in [0.15, 0.2) is 42.5 Å². The van der Waals surface area contributed by atoms with Gasteiger partial charge in [-0.25, -0.2) is 0 Å². The maximum Gasteiger partial charge on any atom is 0.234 e. The topological polar surface area (TPSA) is 67.8 Å². The third kappa shape index (κ3) is 3.56. The zero-order valence-electron chi connectivity index (χ0n) is 13.7. The number of benzene rings is 2. The third-order valence-corrected chi connectivity index (χ3v) is 3.78. The molecule has 0 fully saturated rings. The van der Waals surface area contributed by atoms with Crippen molar-refractivity contribution in [3.8, 4) is 17.2 Å². The van der Waals surface area contributed by atoms with E-state index in [1.54, 1.807) is 44.6 Å². The van der Waals surface area contributed by atoms with E-state index in [1.807, 2.05) is 19.9 Å². The van der Waals surface area contributed by atoms with Gasteiger partial charge in [-0.3, -0.25) is 4.79 Å². The number of phenolic OH excluding ortho intramolecular Hbond substituents is 1. The zero-order valence-corrected chi connectivity index (χ0v) is 13.7. The summed E-state index contributed by atoms with van der Waals surface area (Å²) in [5.74, 6) is 1.10. The highest BCUT2D eigenvalue weighted by molar-refractivity contribution is 5.98. The molecule has 2 rings (SSSR count). The lowest BCUT2D eigenvalue weighted by Gasteiger charge is -2.25. The molecule has 5 nitrogen and oxygen atoms in total. The van der Waals surface area contributed by atoms with Gasteiger partial charge in [0.1, 0.15) is 5.75 Å².